The second kappa shape index (κ2) is 5.55. The summed E-state index contributed by atoms with van der Waals surface area (Å²) in [6.07, 6.45) is 1.39. The SMILES string of the molecule is O=S(=O)(c1c(Cl)sc(Cl)c1Br)N1CCCC1CO. The molecule has 102 valence electrons. The maximum absolute atomic E-state index is 12.5. The van der Waals surface area contributed by atoms with Gasteiger partial charge in [-0.25, -0.2) is 8.42 Å². The average molecular weight is 395 g/mol. The summed E-state index contributed by atoms with van der Waals surface area (Å²) in [5.41, 5.74) is 0. The molecule has 0 amide bonds. The van der Waals surface area contributed by atoms with Gasteiger partial charge in [0.15, 0.2) is 0 Å². The molecule has 1 atom stereocenters. The Balaban J connectivity index is 2.48. The maximum Gasteiger partial charge on any atom is 0.246 e. The second-order valence-electron chi connectivity index (χ2n) is 3.89. The van der Waals surface area contributed by atoms with Gasteiger partial charge in [-0.1, -0.05) is 23.2 Å². The summed E-state index contributed by atoms with van der Waals surface area (Å²) in [6.45, 7) is 0.204. The van der Waals surface area contributed by atoms with Crippen LogP contribution in [0, 0.1) is 0 Å². The highest BCUT2D eigenvalue weighted by molar-refractivity contribution is 9.10. The molecule has 1 aliphatic rings. The largest absolute Gasteiger partial charge is 0.395 e. The topological polar surface area (TPSA) is 57.6 Å². The molecule has 1 saturated heterocycles. The number of halogens is 3. The molecule has 0 bridgehead atoms. The van der Waals surface area contributed by atoms with Gasteiger partial charge in [0, 0.05) is 12.6 Å². The second-order valence-corrected chi connectivity index (χ2v) is 8.73. The molecule has 1 fully saturated rings. The van der Waals surface area contributed by atoms with E-state index in [1.54, 1.807) is 0 Å². The molecule has 18 heavy (non-hydrogen) atoms. The predicted molar refractivity (Wildman–Crippen MR) is 76.0 cm³/mol. The van der Waals surface area contributed by atoms with E-state index in [4.69, 9.17) is 23.2 Å². The molecule has 9 heteroatoms. The van der Waals surface area contributed by atoms with Gasteiger partial charge in [-0.3, -0.25) is 0 Å². The third-order valence-corrected chi connectivity index (χ3v) is 8.25. The van der Waals surface area contributed by atoms with E-state index in [-0.39, 0.29) is 21.9 Å². The van der Waals surface area contributed by atoms with Crippen LogP contribution in [0.25, 0.3) is 0 Å². The number of thiophene rings is 1. The number of aliphatic hydroxyl groups is 1. The standard InChI is InChI=1S/C9H10BrCl2NO3S2/c10-6-7(9(12)17-8(6)11)18(15,16)13-3-1-2-5(13)4-14/h5,14H,1-4H2. The number of sulfonamides is 1. The third-order valence-electron chi connectivity index (χ3n) is 2.83. The van der Waals surface area contributed by atoms with Gasteiger partial charge in [0.2, 0.25) is 10.0 Å². The van der Waals surface area contributed by atoms with Crippen molar-refractivity contribution in [3.63, 3.8) is 0 Å². The molecule has 4 nitrogen and oxygen atoms in total. The van der Waals surface area contributed by atoms with E-state index in [2.05, 4.69) is 15.9 Å². The van der Waals surface area contributed by atoms with Crippen LogP contribution in [0.1, 0.15) is 12.8 Å². The van der Waals surface area contributed by atoms with E-state index in [1.807, 2.05) is 0 Å². The van der Waals surface area contributed by atoms with Crippen LogP contribution < -0.4 is 0 Å². The molecule has 0 spiro atoms. The van der Waals surface area contributed by atoms with Crippen LogP contribution in [0.5, 0.6) is 0 Å². The normalized spacial score (nSPS) is 21.7. The monoisotopic (exact) mass is 393 g/mol. The first kappa shape index (κ1) is 15.0. The van der Waals surface area contributed by atoms with Gasteiger partial charge in [0.1, 0.15) is 13.6 Å². The molecule has 1 unspecified atom stereocenters. The Morgan fingerprint density at radius 3 is 2.61 bits per heavy atom. The van der Waals surface area contributed by atoms with Crippen LogP contribution in [0.3, 0.4) is 0 Å². The summed E-state index contributed by atoms with van der Waals surface area (Å²) in [4.78, 5) is -0.000448. The minimum atomic E-state index is -3.72. The molecule has 0 aromatic carbocycles. The molecular formula is C9H10BrCl2NO3S2. The van der Waals surface area contributed by atoms with E-state index in [1.165, 1.54) is 4.31 Å². The summed E-state index contributed by atoms with van der Waals surface area (Å²) in [5, 5.41) is 9.22. The van der Waals surface area contributed by atoms with Gasteiger partial charge in [0.25, 0.3) is 0 Å². The number of hydrogen-bond donors (Lipinski definition) is 1. The van der Waals surface area contributed by atoms with Gasteiger partial charge in [-0.05, 0) is 28.8 Å². The van der Waals surface area contributed by atoms with Crippen molar-refractivity contribution in [3.05, 3.63) is 13.1 Å². The number of nitrogens with zero attached hydrogens (tertiary/aromatic N) is 1. The highest BCUT2D eigenvalue weighted by Gasteiger charge is 2.38. The first-order valence-electron chi connectivity index (χ1n) is 5.15. The molecule has 1 N–H and O–H groups in total. The van der Waals surface area contributed by atoms with Crippen molar-refractivity contribution in [2.24, 2.45) is 0 Å². The average Bonchev–Trinajstić information content (AvgIpc) is 2.85. The van der Waals surface area contributed by atoms with E-state index in [0.29, 0.717) is 21.8 Å². The summed E-state index contributed by atoms with van der Waals surface area (Å²) in [5.74, 6) is 0. The molecule has 2 heterocycles. The Hall–Kier alpha value is 0.630. The summed E-state index contributed by atoms with van der Waals surface area (Å²) in [7, 11) is -3.72. The van der Waals surface area contributed by atoms with E-state index < -0.39 is 10.0 Å². The van der Waals surface area contributed by atoms with Crippen molar-refractivity contribution in [2.45, 2.75) is 23.8 Å². The molecule has 0 aliphatic carbocycles. The molecule has 0 saturated carbocycles. The van der Waals surface area contributed by atoms with Crippen molar-refractivity contribution in [1.29, 1.82) is 0 Å². The van der Waals surface area contributed by atoms with Crippen molar-refractivity contribution in [2.75, 3.05) is 13.2 Å². The summed E-state index contributed by atoms with van der Waals surface area (Å²) < 4.78 is 27.0. The first-order valence-corrected chi connectivity index (χ1v) is 8.96. The highest BCUT2D eigenvalue weighted by atomic mass is 79.9. The minimum Gasteiger partial charge on any atom is -0.395 e. The maximum atomic E-state index is 12.5. The zero-order valence-electron chi connectivity index (χ0n) is 9.07. The van der Waals surface area contributed by atoms with Gasteiger partial charge < -0.3 is 5.11 Å². The van der Waals surface area contributed by atoms with Crippen LogP contribution in [0.15, 0.2) is 9.37 Å². The van der Waals surface area contributed by atoms with Gasteiger partial charge >= 0.3 is 0 Å². The number of rotatable bonds is 3. The van der Waals surface area contributed by atoms with Crippen LogP contribution in [-0.4, -0.2) is 37.0 Å². The van der Waals surface area contributed by atoms with Crippen molar-refractivity contribution in [3.8, 4) is 0 Å². The first-order chi connectivity index (χ1) is 8.39. The quantitative estimate of drug-likeness (QED) is 0.857. The van der Waals surface area contributed by atoms with E-state index in [9.17, 15) is 13.5 Å². The fourth-order valence-electron chi connectivity index (χ4n) is 1.99. The van der Waals surface area contributed by atoms with Crippen LogP contribution >= 0.6 is 50.5 Å². The smallest absolute Gasteiger partial charge is 0.246 e. The zero-order valence-corrected chi connectivity index (χ0v) is 13.8. The Morgan fingerprint density at radius 1 is 1.44 bits per heavy atom. The molecule has 1 aliphatic heterocycles. The van der Waals surface area contributed by atoms with Crippen LogP contribution in [-0.2, 0) is 10.0 Å². The van der Waals surface area contributed by atoms with Gasteiger partial charge in [-0.15, -0.1) is 11.3 Å². The molecule has 2 rings (SSSR count). The fraction of sp³-hybridized carbons (Fsp3) is 0.556. The minimum absolute atomic E-state index is 0.000448. The third kappa shape index (κ3) is 2.46. The van der Waals surface area contributed by atoms with Crippen molar-refractivity contribution >= 4 is 60.5 Å². The van der Waals surface area contributed by atoms with Crippen molar-refractivity contribution in [1.82, 2.24) is 4.31 Å². The van der Waals surface area contributed by atoms with Gasteiger partial charge in [0.05, 0.1) is 11.1 Å². The van der Waals surface area contributed by atoms with Gasteiger partial charge in [-0.2, -0.15) is 4.31 Å². The lowest BCUT2D eigenvalue weighted by Crippen LogP contribution is -2.37. The predicted octanol–water partition coefficient (Wildman–Crippen LogP) is 2.96. The van der Waals surface area contributed by atoms with E-state index in [0.717, 1.165) is 17.8 Å². The number of aliphatic hydroxyl groups excluding tert-OH is 1. The Labute approximate surface area is 128 Å². The molecule has 1 aromatic heterocycles. The highest BCUT2D eigenvalue weighted by Crippen LogP contribution is 2.44. The fourth-order valence-corrected chi connectivity index (χ4v) is 7.15. The van der Waals surface area contributed by atoms with Crippen LogP contribution in [0.2, 0.25) is 8.67 Å². The molecule has 0 radical (unpaired) electrons. The van der Waals surface area contributed by atoms with Crippen LogP contribution in [0.4, 0.5) is 0 Å². The summed E-state index contributed by atoms with van der Waals surface area (Å²) in [6, 6.07) is -0.378. The number of hydrogen-bond acceptors (Lipinski definition) is 4. The Morgan fingerprint density at radius 2 is 2.11 bits per heavy atom. The molecule has 1 aromatic rings. The Kier molecular flexibility index (Phi) is 4.64. The van der Waals surface area contributed by atoms with Crippen molar-refractivity contribution < 1.29 is 13.5 Å². The lowest BCUT2D eigenvalue weighted by Gasteiger charge is -2.22. The zero-order chi connectivity index (χ0) is 13.5. The van der Waals surface area contributed by atoms with E-state index >= 15 is 0 Å². The lowest BCUT2D eigenvalue weighted by molar-refractivity contribution is 0.213. The Bertz CT molecular complexity index is 560. The lowest BCUT2D eigenvalue weighted by atomic mass is 10.2. The molecular weight excluding hydrogens is 385 g/mol. The summed E-state index contributed by atoms with van der Waals surface area (Å²) >= 11 is 16.0.